The Kier molecular flexibility index (Phi) is 6.25. The van der Waals surface area contributed by atoms with E-state index in [-0.39, 0.29) is 29.0 Å². The Balaban J connectivity index is 1.53. The molecule has 0 bridgehead atoms. The summed E-state index contributed by atoms with van der Waals surface area (Å²) in [7, 11) is 0. The van der Waals surface area contributed by atoms with Gasteiger partial charge in [0.1, 0.15) is 17.6 Å². The SMILES string of the molecule is N#Cc1cc(C(=O)N/N=C/c2cccc3c2ccn3Cc2ccc(C(F)(F)F)cc2F)ccc1O. The third-order valence-corrected chi connectivity index (χ3v) is 5.32. The van der Waals surface area contributed by atoms with E-state index >= 15 is 0 Å². The molecule has 0 saturated heterocycles. The van der Waals surface area contributed by atoms with Crippen molar-refractivity contribution in [3.8, 4) is 11.8 Å². The molecule has 10 heteroatoms. The Labute approximate surface area is 196 Å². The van der Waals surface area contributed by atoms with Gasteiger partial charge < -0.3 is 9.67 Å². The van der Waals surface area contributed by atoms with Crippen LogP contribution in [0.15, 0.2) is 72.0 Å². The molecule has 0 saturated carbocycles. The number of aromatic nitrogens is 1. The number of nitrogens with one attached hydrogen (secondary N) is 1. The molecule has 176 valence electrons. The maximum Gasteiger partial charge on any atom is 0.416 e. The summed E-state index contributed by atoms with van der Waals surface area (Å²) in [5.41, 5.74) is 2.82. The predicted molar refractivity (Wildman–Crippen MR) is 120 cm³/mol. The van der Waals surface area contributed by atoms with Crippen LogP contribution in [0.4, 0.5) is 17.6 Å². The summed E-state index contributed by atoms with van der Waals surface area (Å²) >= 11 is 0. The van der Waals surface area contributed by atoms with E-state index in [1.807, 2.05) is 0 Å². The maximum atomic E-state index is 14.3. The number of rotatable bonds is 5. The Hall–Kier alpha value is -4.65. The van der Waals surface area contributed by atoms with Crippen molar-refractivity contribution in [3.63, 3.8) is 0 Å². The molecule has 35 heavy (non-hydrogen) atoms. The van der Waals surface area contributed by atoms with Gasteiger partial charge in [0, 0.05) is 33.8 Å². The highest BCUT2D eigenvalue weighted by Gasteiger charge is 2.31. The number of phenols is 1. The highest BCUT2D eigenvalue weighted by atomic mass is 19.4. The zero-order valence-electron chi connectivity index (χ0n) is 17.8. The lowest BCUT2D eigenvalue weighted by molar-refractivity contribution is -0.137. The molecule has 2 N–H and O–H groups in total. The van der Waals surface area contributed by atoms with Crippen molar-refractivity contribution in [1.29, 1.82) is 5.26 Å². The minimum Gasteiger partial charge on any atom is -0.507 e. The van der Waals surface area contributed by atoms with Gasteiger partial charge in [-0.1, -0.05) is 18.2 Å². The zero-order valence-corrected chi connectivity index (χ0v) is 17.8. The van der Waals surface area contributed by atoms with Gasteiger partial charge in [0.2, 0.25) is 0 Å². The molecule has 0 radical (unpaired) electrons. The van der Waals surface area contributed by atoms with E-state index in [2.05, 4.69) is 10.5 Å². The Bertz CT molecular complexity index is 1500. The molecule has 6 nitrogen and oxygen atoms in total. The van der Waals surface area contributed by atoms with Crippen LogP contribution in [0.1, 0.15) is 32.6 Å². The first kappa shape index (κ1) is 23.5. The van der Waals surface area contributed by atoms with Crippen LogP contribution in [0.5, 0.6) is 5.75 Å². The molecule has 4 aromatic rings. The molecule has 0 aliphatic carbocycles. The second-order valence-electron chi connectivity index (χ2n) is 7.57. The summed E-state index contributed by atoms with van der Waals surface area (Å²) in [4.78, 5) is 12.3. The number of carbonyl (C=O) groups is 1. The van der Waals surface area contributed by atoms with Gasteiger partial charge in [-0.2, -0.15) is 23.5 Å². The summed E-state index contributed by atoms with van der Waals surface area (Å²) in [6.07, 6.45) is -1.53. The molecule has 0 aliphatic heterocycles. The number of aromatic hydroxyl groups is 1. The minimum atomic E-state index is -4.62. The summed E-state index contributed by atoms with van der Waals surface area (Å²) in [5.74, 6) is -1.77. The number of phenolic OH excluding ortho intramolecular Hbond substituents is 1. The molecule has 0 aliphatic rings. The summed E-state index contributed by atoms with van der Waals surface area (Å²) in [5, 5.41) is 23.2. The summed E-state index contributed by atoms with van der Waals surface area (Å²) in [6, 6.07) is 15.0. The number of amides is 1. The summed E-state index contributed by atoms with van der Waals surface area (Å²) < 4.78 is 54.4. The number of carbonyl (C=O) groups excluding carboxylic acids is 1. The fourth-order valence-corrected chi connectivity index (χ4v) is 3.52. The van der Waals surface area contributed by atoms with E-state index in [0.29, 0.717) is 17.1 Å². The van der Waals surface area contributed by atoms with Crippen molar-refractivity contribution in [2.45, 2.75) is 12.7 Å². The van der Waals surface area contributed by atoms with E-state index in [9.17, 15) is 27.5 Å². The number of nitrogens with zero attached hydrogens (tertiary/aromatic N) is 3. The standard InChI is InChI=1S/C25H16F4N4O2/c26-21-11-19(25(27,28)29)6-4-17(21)14-33-9-8-20-16(2-1-3-22(20)33)13-31-32-24(35)15-5-7-23(34)18(10-15)12-30/h1-11,13,34H,14H2,(H,32,35)/b31-13+. The first-order valence-corrected chi connectivity index (χ1v) is 10.2. The molecule has 4 rings (SSSR count). The van der Waals surface area contributed by atoms with Crippen molar-refractivity contribution >= 4 is 23.0 Å². The van der Waals surface area contributed by atoms with E-state index in [0.717, 1.165) is 17.5 Å². The van der Waals surface area contributed by atoms with E-state index in [4.69, 9.17) is 5.26 Å². The topological polar surface area (TPSA) is 90.4 Å². The average molecular weight is 480 g/mol. The maximum absolute atomic E-state index is 14.3. The van der Waals surface area contributed by atoms with Crippen molar-refractivity contribution in [2.24, 2.45) is 5.10 Å². The molecule has 0 unspecified atom stereocenters. The van der Waals surface area contributed by atoms with Gasteiger partial charge in [0.15, 0.2) is 0 Å². The third kappa shape index (κ3) is 4.99. The van der Waals surface area contributed by atoms with Crippen LogP contribution in [-0.4, -0.2) is 21.8 Å². The number of hydrogen-bond donors (Lipinski definition) is 2. The molecule has 0 atom stereocenters. The Morgan fingerprint density at radius 2 is 1.94 bits per heavy atom. The van der Waals surface area contributed by atoms with Gasteiger partial charge in [-0.15, -0.1) is 0 Å². The monoisotopic (exact) mass is 480 g/mol. The lowest BCUT2D eigenvalue weighted by atomic mass is 10.1. The molecule has 0 fully saturated rings. The summed E-state index contributed by atoms with van der Waals surface area (Å²) in [6.45, 7) is 0.0207. The van der Waals surface area contributed by atoms with Crippen LogP contribution in [0.2, 0.25) is 0 Å². The highest BCUT2D eigenvalue weighted by molar-refractivity contribution is 6.00. The number of nitriles is 1. The molecular weight excluding hydrogens is 464 g/mol. The fraction of sp³-hybridized carbons (Fsp3) is 0.0800. The number of benzene rings is 3. The Morgan fingerprint density at radius 1 is 1.14 bits per heavy atom. The second-order valence-corrected chi connectivity index (χ2v) is 7.57. The fourth-order valence-electron chi connectivity index (χ4n) is 3.52. The van der Waals surface area contributed by atoms with Crippen LogP contribution in [-0.2, 0) is 12.7 Å². The van der Waals surface area contributed by atoms with Gasteiger partial charge in [-0.25, -0.2) is 9.82 Å². The number of halogens is 4. The quantitative estimate of drug-likeness (QED) is 0.234. The van der Waals surface area contributed by atoms with Crippen molar-refractivity contribution < 1.29 is 27.5 Å². The van der Waals surface area contributed by atoms with E-state index in [1.54, 1.807) is 41.1 Å². The number of hydrogen-bond acceptors (Lipinski definition) is 4. The molecule has 1 heterocycles. The van der Waals surface area contributed by atoms with Crippen molar-refractivity contribution in [2.75, 3.05) is 0 Å². The molecule has 3 aromatic carbocycles. The average Bonchev–Trinajstić information content (AvgIpc) is 3.23. The normalized spacial score (nSPS) is 11.6. The smallest absolute Gasteiger partial charge is 0.416 e. The number of hydrazone groups is 1. The largest absolute Gasteiger partial charge is 0.507 e. The van der Waals surface area contributed by atoms with Crippen LogP contribution >= 0.6 is 0 Å². The van der Waals surface area contributed by atoms with Crippen LogP contribution < -0.4 is 5.43 Å². The third-order valence-electron chi connectivity index (χ3n) is 5.32. The second kappa shape index (κ2) is 9.30. The van der Waals surface area contributed by atoms with Crippen molar-refractivity contribution in [1.82, 2.24) is 9.99 Å². The minimum absolute atomic E-state index is 0.0207. The molecule has 1 amide bonds. The first-order valence-electron chi connectivity index (χ1n) is 10.2. The number of fused-ring (bicyclic) bond motifs is 1. The van der Waals surface area contributed by atoms with E-state index < -0.39 is 23.5 Å². The lowest BCUT2D eigenvalue weighted by Crippen LogP contribution is -2.17. The van der Waals surface area contributed by atoms with Gasteiger partial charge in [-0.3, -0.25) is 4.79 Å². The van der Waals surface area contributed by atoms with Gasteiger partial charge in [0.25, 0.3) is 5.91 Å². The molecule has 1 aromatic heterocycles. The van der Waals surface area contributed by atoms with E-state index in [1.165, 1.54) is 24.4 Å². The molecule has 0 spiro atoms. The molecular formula is C25H16F4N4O2. The first-order chi connectivity index (χ1) is 16.7. The predicted octanol–water partition coefficient (Wildman–Crippen LogP) is 5.19. The van der Waals surface area contributed by atoms with Crippen LogP contribution in [0, 0.1) is 17.1 Å². The van der Waals surface area contributed by atoms with Crippen LogP contribution in [0.25, 0.3) is 10.9 Å². The van der Waals surface area contributed by atoms with Gasteiger partial charge >= 0.3 is 6.18 Å². The number of alkyl halides is 3. The lowest BCUT2D eigenvalue weighted by Gasteiger charge is -2.11. The zero-order chi connectivity index (χ0) is 25.2. The van der Waals surface area contributed by atoms with Gasteiger partial charge in [-0.05, 0) is 42.5 Å². The van der Waals surface area contributed by atoms with Gasteiger partial charge in [0.05, 0.1) is 23.9 Å². The highest BCUT2D eigenvalue weighted by Crippen LogP contribution is 2.30. The van der Waals surface area contributed by atoms with Crippen molar-refractivity contribution in [3.05, 3.63) is 100 Å². The Morgan fingerprint density at radius 3 is 2.66 bits per heavy atom. The van der Waals surface area contributed by atoms with Crippen LogP contribution in [0.3, 0.4) is 0 Å².